The van der Waals surface area contributed by atoms with Crippen molar-refractivity contribution in [2.45, 2.75) is 32.3 Å². The van der Waals surface area contributed by atoms with Crippen molar-refractivity contribution in [1.29, 1.82) is 0 Å². The molecule has 1 N–H and O–H groups in total. The van der Waals surface area contributed by atoms with Crippen molar-refractivity contribution in [3.63, 3.8) is 0 Å². The Kier molecular flexibility index (Phi) is 4.09. The van der Waals surface area contributed by atoms with Crippen LogP contribution >= 0.6 is 7.82 Å². The van der Waals surface area contributed by atoms with Crippen LogP contribution in [0.4, 0.5) is 0 Å². The number of H-pyrrole nitrogens is 1. The maximum atomic E-state index is 12.2. The number of phosphoric acid groups is 1. The summed E-state index contributed by atoms with van der Waals surface area (Å²) >= 11 is 0. The molecular formula is C12H17N2O7P. The summed E-state index contributed by atoms with van der Waals surface area (Å²) in [6.45, 7) is 3.76. The van der Waals surface area contributed by atoms with Crippen molar-refractivity contribution in [3.05, 3.63) is 33.1 Å². The molecule has 5 atom stereocenters. The van der Waals surface area contributed by atoms with E-state index in [1.54, 1.807) is 6.92 Å². The van der Waals surface area contributed by atoms with Crippen LogP contribution in [0.25, 0.3) is 0 Å². The molecule has 122 valence electrons. The van der Waals surface area contributed by atoms with E-state index in [1.807, 2.05) is 6.92 Å². The van der Waals surface area contributed by atoms with Crippen LogP contribution in [0.3, 0.4) is 0 Å². The van der Waals surface area contributed by atoms with Gasteiger partial charge in [-0.2, -0.15) is 0 Å². The predicted molar refractivity (Wildman–Crippen MR) is 74.5 cm³/mol. The van der Waals surface area contributed by atoms with E-state index >= 15 is 0 Å². The number of ether oxygens (including phenoxy) is 1. The smallest absolute Gasteiger partial charge is 0.349 e. The number of nitrogens with one attached hydrogen (secondary N) is 1. The van der Waals surface area contributed by atoms with Gasteiger partial charge in [0, 0.05) is 18.2 Å². The summed E-state index contributed by atoms with van der Waals surface area (Å²) in [5.41, 5.74) is -1.05. The average Bonchev–Trinajstić information content (AvgIpc) is 2.76. The molecule has 0 saturated carbocycles. The number of hydrogen-bond donors (Lipinski definition) is 1. The Morgan fingerprint density at radius 2 is 2.27 bits per heavy atom. The maximum Gasteiger partial charge on any atom is 0.475 e. The maximum absolute atomic E-state index is 12.2. The number of rotatable bonds is 3. The minimum atomic E-state index is -3.58. The summed E-state index contributed by atoms with van der Waals surface area (Å²) < 4.78 is 34.9. The van der Waals surface area contributed by atoms with Crippen molar-refractivity contribution in [3.8, 4) is 0 Å². The van der Waals surface area contributed by atoms with Crippen LogP contribution in [0.15, 0.2) is 21.9 Å². The molecule has 1 aromatic heterocycles. The van der Waals surface area contributed by atoms with Crippen LogP contribution in [-0.4, -0.2) is 35.0 Å². The van der Waals surface area contributed by atoms with Crippen molar-refractivity contribution in [2.75, 3.05) is 13.2 Å². The molecule has 2 fully saturated rings. The Morgan fingerprint density at radius 3 is 2.95 bits per heavy atom. The van der Waals surface area contributed by atoms with E-state index in [2.05, 4.69) is 4.98 Å². The van der Waals surface area contributed by atoms with Crippen LogP contribution in [0.5, 0.6) is 0 Å². The second-order valence-electron chi connectivity index (χ2n) is 5.17. The van der Waals surface area contributed by atoms with Crippen LogP contribution in [-0.2, 0) is 22.9 Å². The highest BCUT2D eigenvalue weighted by Gasteiger charge is 2.52. The SMILES string of the molecule is CCOP1(=O)OCC2OC(n3ccc(=O)[nH]c3=O)C(C)C2O1. The van der Waals surface area contributed by atoms with Crippen molar-refractivity contribution in [1.82, 2.24) is 9.55 Å². The second kappa shape index (κ2) is 5.75. The highest BCUT2D eigenvalue weighted by Crippen LogP contribution is 2.57. The Hall–Kier alpha value is -1.25. The average molecular weight is 332 g/mol. The van der Waals surface area contributed by atoms with Gasteiger partial charge in [0.1, 0.15) is 18.4 Å². The summed E-state index contributed by atoms with van der Waals surface area (Å²) in [6, 6.07) is 1.24. The minimum absolute atomic E-state index is 0.0564. The summed E-state index contributed by atoms with van der Waals surface area (Å²) in [6.07, 6.45) is -0.254. The van der Waals surface area contributed by atoms with Gasteiger partial charge in [0.2, 0.25) is 0 Å². The van der Waals surface area contributed by atoms with Gasteiger partial charge in [-0.05, 0) is 6.92 Å². The Bertz CT molecular complexity index is 714. The van der Waals surface area contributed by atoms with Gasteiger partial charge in [-0.25, -0.2) is 9.36 Å². The number of aromatic amines is 1. The third-order valence-corrected chi connectivity index (χ3v) is 5.25. The van der Waals surface area contributed by atoms with E-state index in [0.29, 0.717) is 0 Å². The van der Waals surface area contributed by atoms with Gasteiger partial charge in [0.25, 0.3) is 5.56 Å². The van der Waals surface area contributed by atoms with Crippen molar-refractivity contribution >= 4 is 7.82 Å². The van der Waals surface area contributed by atoms with Crippen LogP contribution in [0.1, 0.15) is 20.1 Å². The molecule has 10 heteroatoms. The van der Waals surface area contributed by atoms with E-state index in [-0.39, 0.29) is 19.1 Å². The third-order valence-electron chi connectivity index (χ3n) is 3.71. The lowest BCUT2D eigenvalue weighted by Crippen LogP contribution is -2.36. The number of aromatic nitrogens is 2. The lowest BCUT2D eigenvalue weighted by Gasteiger charge is -2.31. The molecule has 1 aromatic rings. The topological polar surface area (TPSA) is 109 Å². The normalized spacial score (nSPS) is 37.9. The number of fused-ring (bicyclic) bond motifs is 1. The van der Waals surface area contributed by atoms with Gasteiger partial charge in [-0.3, -0.25) is 27.9 Å². The molecular weight excluding hydrogens is 315 g/mol. The molecule has 5 unspecified atom stereocenters. The highest BCUT2D eigenvalue weighted by molar-refractivity contribution is 7.48. The van der Waals surface area contributed by atoms with Crippen LogP contribution in [0.2, 0.25) is 0 Å². The van der Waals surface area contributed by atoms with E-state index in [1.165, 1.54) is 16.8 Å². The molecule has 0 bridgehead atoms. The van der Waals surface area contributed by atoms with Gasteiger partial charge < -0.3 is 4.74 Å². The molecule has 0 radical (unpaired) electrons. The first-order valence-electron chi connectivity index (χ1n) is 6.98. The van der Waals surface area contributed by atoms with E-state index < -0.39 is 37.5 Å². The molecule has 0 amide bonds. The first-order valence-corrected chi connectivity index (χ1v) is 8.44. The van der Waals surface area contributed by atoms with Gasteiger partial charge in [0.05, 0.1) is 13.2 Å². The van der Waals surface area contributed by atoms with Crippen LogP contribution in [0, 0.1) is 5.92 Å². The van der Waals surface area contributed by atoms with E-state index in [9.17, 15) is 14.2 Å². The molecule has 22 heavy (non-hydrogen) atoms. The summed E-state index contributed by atoms with van der Waals surface area (Å²) in [4.78, 5) is 25.2. The summed E-state index contributed by atoms with van der Waals surface area (Å²) in [5, 5.41) is 0. The Morgan fingerprint density at radius 1 is 1.50 bits per heavy atom. The predicted octanol–water partition coefficient (Wildman–Crippen LogP) is 0.630. The molecule has 9 nitrogen and oxygen atoms in total. The van der Waals surface area contributed by atoms with Crippen molar-refractivity contribution in [2.24, 2.45) is 5.92 Å². The Balaban J connectivity index is 1.85. The third kappa shape index (κ3) is 2.70. The number of nitrogens with zero attached hydrogens (tertiary/aromatic N) is 1. The van der Waals surface area contributed by atoms with Gasteiger partial charge in [-0.15, -0.1) is 0 Å². The van der Waals surface area contributed by atoms with E-state index in [0.717, 1.165) is 0 Å². The summed E-state index contributed by atoms with van der Waals surface area (Å²) in [5.74, 6) is -0.272. The van der Waals surface area contributed by atoms with Gasteiger partial charge in [-0.1, -0.05) is 6.92 Å². The monoisotopic (exact) mass is 332 g/mol. The van der Waals surface area contributed by atoms with Gasteiger partial charge >= 0.3 is 13.5 Å². The van der Waals surface area contributed by atoms with Gasteiger partial charge in [0.15, 0.2) is 0 Å². The number of phosphoric ester groups is 1. The molecule has 0 aromatic carbocycles. The standard InChI is InChI=1S/C12H17N2O7P/c1-3-18-22(17)19-6-8-10(21-22)7(2)11(20-8)14-5-4-9(15)13-12(14)16/h4-5,7-8,10-11H,3,6H2,1-2H3,(H,13,15,16). The molecule has 0 aliphatic carbocycles. The second-order valence-corrected chi connectivity index (χ2v) is 6.79. The fourth-order valence-corrected chi connectivity index (χ4v) is 4.16. The van der Waals surface area contributed by atoms with Crippen LogP contribution < -0.4 is 11.2 Å². The number of hydrogen-bond acceptors (Lipinski definition) is 7. The van der Waals surface area contributed by atoms with Crippen molar-refractivity contribution < 1.29 is 22.9 Å². The fraction of sp³-hybridized carbons (Fsp3) is 0.667. The summed E-state index contributed by atoms with van der Waals surface area (Å²) in [7, 11) is -3.58. The molecule has 3 rings (SSSR count). The zero-order valence-corrected chi connectivity index (χ0v) is 13.0. The molecule has 0 spiro atoms. The first-order chi connectivity index (χ1) is 10.4. The molecule has 2 saturated heterocycles. The largest absolute Gasteiger partial charge is 0.475 e. The first kappa shape index (κ1) is 15.6. The lowest BCUT2D eigenvalue weighted by molar-refractivity contribution is -0.0718. The zero-order valence-electron chi connectivity index (χ0n) is 12.1. The molecule has 2 aliphatic rings. The Labute approximate surface area is 125 Å². The highest BCUT2D eigenvalue weighted by atomic mass is 31.2. The zero-order chi connectivity index (χ0) is 15.9. The van der Waals surface area contributed by atoms with E-state index in [4.69, 9.17) is 18.3 Å². The molecule has 3 heterocycles. The molecule has 2 aliphatic heterocycles. The fourth-order valence-electron chi connectivity index (χ4n) is 2.70. The lowest BCUT2D eigenvalue weighted by atomic mass is 10.0. The minimum Gasteiger partial charge on any atom is -0.349 e. The quantitative estimate of drug-likeness (QED) is 0.809.